The lowest BCUT2D eigenvalue weighted by molar-refractivity contribution is 0.0417. The number of aliphatic hydroxyl groups is 1. The molecule has 1 saturated heterocycles. The van der Waals surface area contributed by atoms with E-state index in [1.807, 2.05) is 54.6 Å². The summed E-state index contributed by atoms with van der Waals surface area (Å²) in [7, 11) is 0. The second kappa shape index (κ2) is 5.73. The number of fused-ring (bicyclic) bond motifs is 1. The summed E-state index contributed by atoms with van der Waals surface area (Å²) >= 11 is 0. The van der Waals surface area contributed by atoms with Crippen LogP contribution in [0.5, 0.6) is 0 Å². The lowest BCUT2D eigenvalue weighted by Gasteiger charge is -2.24. The molecule has 1 aliphatic rings. The molecular weight excluding hydrogens is 300 g/mol. The molecule has 0 radical (unpaired) electrons. The predicted molar refractivity (Wildman–Crippen MR) is 92.6 cm³/mol. The van der Waals surface area contributed by atoms with Crippen LogP contribution in [0.4, 0.5) is 0 Å². The molecular formula is C20H18N2O2. The summed E-state index contributed by atoms with van der Waals surface area (Å²) in [6.07, 6.45) is 2.29. The number of nitrogens with zero attached hydrogens (tertiary/aromatic N) is 2. The van der Waals surface area contributed by atoms with Gasteiger partial charge >= 0.3 is 0 Å². The van der Waals surface area contributed by atoms with Crippen LogP contribution in [0.1, 0.15) is 22.3 Å². The molecule has 4 nitrogen and oxygen atoms in total. The van der Waals surface area contributed by atoms with Crippen molar-refractivity contribution in [2.75, 3.05) is 13.1 Å². The number of amides is 1. The van der Waals surface area contributed by atoms with Crippen LogP contribution in [0.3, 0.4) is 0 Å². The largest absolute Gasteiger partial charge is 0.383 e. The van der Waals surface area contributed by atoms with Crippen molar-refractivity contribution in [1.29, 1.82) is 0 Å². The highest BCUT2D eigenvalue weighted by Crippen LogP contribution is 2.32. The Morgan fingerprint density at radius 1 is 1.08 bits per heavy atom. The highest BCUT2D eigenvalue weighted by molar-refractivity contribution is 5.98. The maximum absolute atomic E-state index is 12.8. The molecule has 4 heteroatoms. The molecule has 1 atom stereocenters. The van der Waals surface area contributed by atoms with Gasteiger partial charge in [-0.25, -0.2) is 0 Å². The van der Waals surface area contributed by atoms with E-state index in [2.05, 4.69) is 4.98 Å². The number of benzene rings is 2. The number of aromatic nitrogens is 1. The quantitative estimate of drug-likeness (QED) is 0.790. The highest BCUT2D eigenvalue weighted by atomic mass is 16.3. The summed E-state index contributed by atoms with van der Waals surface area (Å²) < 4.78 is 0. The van der Waals surface area contributed by atoms with Crippen molar-refractivity contribution >= 4 is 16.8 Å². The van der Waals surface area contributed by atoms with Crippen LogP contribution in [0.2, 0.25) is 0 Å². The molecule has 2 heterocycles. The van der Waals surface area contributed by atoms with Crippen molar-refractivity contribution in [2.45, 2.75) is 12.0 Å². The normalized spacial score (nSPS) is 20.5. The van der Waals surface area contributed by atoms with Crippen LogP contribution in [-0.4, -0.2) is 34.0 Å². The number of likely N-dealkylation sites (tertiary alicyclic amines) is 1. The molecule has 1 aromatic heterocycles. The Morgan fingerprint density at radius 2 is 1.92 bits per heavy atom. The summed E-state index contributed by atoms with van der Waals surface area (Å²) in [6.45, 7) is 0.871. The minimum Gasteiger partial charge on any atom is -0.383 e. The van der Waals surface area contributed by atoms with E-state index in [1.165, 1.54) is 0 Å². The second-order valence-corrected chi connectivity index (χ2v) is 6.29. The monoisotopic (exact) mass is 318 g/mol. The first-order valence-electron chi connectivity index (χ1n) is 8.08. The fourth-order valence-corrected chi connectivity index (χ4v) is 3.34. The minimum absolute atomic E-state index is 0.0485. The van der Waals surface area contributed by atoms with E-state index in [0.29, 0.717) is 25.1 Å². The zero-order chi connectivity index (χ0) is 16.6. The van der Waals surface area contributed by atoms with Gasteiger partial charge in [0.1, 0.15) is 5.60 Å². The Bertz CT molecular complexity index is 894. The van der Waals surface area contributed by atoms with Gasteiger partial charge in [-0.15, -0.1) is 0 Å². The second-order valence-electron chi connectivity index (χ2n) is 6.29. The lowest BCUT2D eigenvalue weighted by atomic mass is 9.93. The van der Waals surface area contributed by atoms with Crippen LogP contribution in [0, 0.1) is 0 Å². The number of pyridine rings is 1. The average Bonchev–Trinajstić information content (AvgIpc) is 3.05. The SMILES string of the molecule is O=C(c1ccc2ncccc2c1)N1CCC(O)(c2ccccc2)C1. The highest BCUT2D eigenvalue weighted by Gasteiger charge is 2.39. The van der Waals surface area contributed by atoms with Crippen LogP contribution < -0.4 is 0 Å². The molecule has 2 aromatic carbocycles. The van der Waals surface area contributed by atoms with Crippen molar-refractivity contribution in [3.05, 3.63) is 78.0 Å². The maximum Gasteiger partial charge on any atom is 0.253 e. The Balaban J connectivity index is 1.59. The third-order valence-electron chi connectivity index (χ3n) is 4.70. The van der Waals surface area contributed by atoms with Crippen molar-refractivity contribution < 1.29 is 9.90 Å². The van der Waals surface area contributed by atoms with Crippen molar-refractivity contribution in [3.63, 3.8) is 0 Å². The van der Waals surface area contributed by atoms with E-state index in [9.17, 15) is 9.90 Å². The van der Waals surface area contributed by atoms with E-state index in [4.69, 9.17) is 0 Å². The van der Waals surface area contributed by atoms with E-state index < -0.39 is 5.60 Å². The van der Waals surface area contributed by atoms with Gasteiger partial charge < -0.3 is 10.0 Å². The molecule has 0 aliphatic carbocycles. The third kappa shape index (κ3) is 2.55. The van der Waals surface area contributed by atoms with Gasteiger partial charge in [-0.1, -0.05) is 36.4 Å². The number of rotatable bonds is 2. The van der Waals surface area contributed by atoms with Gasteiger partial charge in [0.2, 0.25) is 0 Å². The Labute approximate surface area is 140 Å². The molecule has 24 heavy (non-hydrogen) atoms. The van der Waals surface area contributed by atoms with Crippen LogP contribution in [-0.2, 0) is 5.60 Å². The fourth-order valence-electron chi connectivity index (χ4n) is 3.34. The average molecular weight is 318 g/mol. The molecule has 120 valence electrons. The molecule has 1 amide bonds. The van der Waals surface area contributed by atoms with Crippen molar-refractivity contribution in [1.82, 2.24) is 9.88 Å². The topological polar surface area (TPSA) is 53.4 Å². The smallest absolute Gasteiger partial charge is 0.253 e. The Morgan fingerprint density at radius 3 is 2.75 bits per heavy atom. The van der Waals surface area contributed by atoms with Crippen LogP contribution in [0.25, 0.3) is 10.9 Å². The van der Waals surface area contributed by atoms with Gasteiger partial charge in [0.05, 0.1) is 12.1 Å². The van der Waals surface area contributed by atoms with E-state index in [1.54, 1.807) is 17.2 Å². The summed E-state index contributed by atoms with van der Waals surface area (Å²) in [5.74, 6) is -0.0485. The fraction of sp³-hybridized carbons (Fsp3) is 0.200. The van der Waals surface area contributed by atoms with E-state index >= 15 is 0 Å². The number of carbonyl (C=O) groups excluding carboxylic acids is 1. The maximum atomic E-state index is 12.8. The molecule has 3 aromatic rings. The van der Waals surface area contributed by atoms with Crippen LogP contribution in [0.15, 0.2) is 66.9 Å². The minimum atomic E-state index is -0.963. The first-order chi connectivity index (χ1) is 11.7. The molecule has 0 bridgehead atoms. The molecule has 0 spiro atoms. The van der Waals surface area contributed by atoms with Gasteiger partial charge in [-0.05, 0) is 36.2 Å². The molecule has 1 N–H and O–H groups in total. The van der Waals surface area contributed by atoms with Crippen molar-refractivity contribution in [2.24, 2.45) is 0 Å². The van der Waals surface area contributed by atoms with Gasteiger partial charge in [0.25, 0.3) is 5.91 Å². The van der Waals surface area contributed by atoms with Gasteiger partial charge in [0, 0.05) is 23.7 Å². The van der Waals surface area contributed by atoms with Gasteiger partial charge in [-0.3, -0.25) is 9.78 Å². The standard InChI is InChI=1S/C20H18N2O2/c23-19(16-8-9-18-15(13-16)5-4-11-21-18)22-12-10-20(24,14-22)17-6-2-1-3-7-17/h1-9,11,13,24H,10,12,14H2. The third-order valence-corrected chi connectivity index (χ3v) is 4.70. The number of hydrogen-bond acceptors (Lipinski definition) is 3. The molecule has 1 fully saturated rings. The zero-order valence-electron chi connectivity index (χ0n) is 13.2. The van der Waals surface area contributed by atoms with Gasteiger partial charge in [-0.2, -0.15) is 0 Å². The van der Waals surface area contributed by atoms with Crippen LogP contribution >= 0.6 is 0 Å². The summed E-state index contributed by atoms with van der Waals surface area (Å²) in [5, 5.41) is 11.8. The molecule has 1 unspecified atom stereocenters. The summed E-state index contributed by atoms with van der Waals surface area (Å²) in [5.41, 5.74) is 1.40. The van der Waals surface area contributed by atoms with Crippen molar-refractivity contribution in [3.8, 4) is 0 Å². The number of carbonyl (C=O) groups is 1. The predicted octanol–water partition coefficient (Wildman–Crippen LogP) is 2.97. The van der Waals surface area contributed by atoms with Gasteiger partial charge in [0.15, 0.2) is 0 Å². The number of β-amino-alcohol motifs (C(OH)–C–C–N with tert-alkyl or cyclic N) is 1. The summed E-state index contributed by atoms with van der Waals surface area (Å²) in [4.78, 5) is 18.8. The first-order valence-corrected chi connectivity index (χ1v) is 8.08. The van der Waals surface area contributed by atoms with E-state index in [-0.39, 0.29) is 5.91 Å². The molecule has 0 saturated carbocycles. The number of hydrogen-bond donors (Lipinski definition) is 1. The Kier molecular flexibility index (Phi) is 3.54. The van der Waals surface area contributed by atoms with E-state index in [0.717, 1.165) is 16.5 Å². The Hall–Kier alpha value is -2.72. The molecule has 1 aliphatic heterocycles. The molecule has 4 rings (SSSR count). The summed E-state index contributed by atoms with van der Waals surface area (Å²) in [6, 6.07) is 18.9. The first kappa shape index (κ1) is 14.8. The zero-order valence-corrected chi connectivity index (χ0v) is 13.2. The lowest BCUT2D eigenvalue weighted by Crippen LogP contribution is -2.34.